The number of hydrogen-bond acceptors (Lipinski definition) is 3. The van der Waals surface area contributed by atoms with Crippen LogP contribution in [0.2, 0.25) is 0 Å². The number of aromatic carboxylic acids is 1. The average Bonchev–Trinajstić information content (AvgIpc) is 2.70. The van der Waals surface area contributed by atoms with E-state index < -0.39 is 34.6 Å². The van der Waals surface area contributed by atoms with Gasteiger partial charge in [0, 0.05) is 13.1 Å². The summed E-state index contributed by atoms with van der Waals surface area (Å²) in [6.45, 7) is -0.880. The highest BCUT2D eigenvalue weighted by Crippen LogP contribution is 2.33. The molecule has 0 saturated heterocycles. The van der Waals surface area contributed by atoms with Crippen LogP contribution in [-0.4, -0.2) is 29.3 Å². The van der Waals surface area contributed by atoms with Crippen molar-refractivity contribution in [3.05, 3.63) is 34.9 Å². The average molecular weight is 295 g/mol. The molecule has 2 rings (SSSR count). The van der Waals surface area contributed by atoms with Gasteiger partial charge in [-0.1, -0.05) is 6.07 Å². The van der Waals surface area contributed by atoms with E-state index in [0.29, 0.717) is 5.56 Å². The van der Waals surface area contributed by atoms with Crippen LogP contribution < -0.4 is 0 Å². The van der Waals surface area contributed by atoms with Crippen molar-refractivity contribution in [3.8, 4) is 0 Å². The third kappa shape index (κ3) is 2.30. The second-order valence-electron chi connectivity index (χ2n) is 4.01. The third-order valence-electron chi connectivity index (χ3n) is 2.78. The predicted molar refractivity (Wildman–Crippen MR) is 57.6 cm³/mol. The topological polar surface area (TPSA) is 74.7 Å². The lowest BCUT2D eigenvalue weighted by molar-refractivity contribution is -0.0490. The minimum absolute atomic E-state index is 0.0926. The summed E-state index contributed by atoms with van der Waals surface area (Å²) in [5, 5.41) is 8.76. The molecule has 1 heterocycles. The van der Waals surface area contributed by atoms with Gasteiger partial charge >= 0.3 is 21.5 Å². The van der Waals surface area contributed by atoms with Crippen molar-refractivity contribution in [2.24, 2.45) is 0 Å². The number of fused-ring (bicyclic) bond motifs is 1. The maximum atomic E-state index is 12.4. The van der Waals surface area contributed by atoms with Crippen LogP contribution in [0, 0.1) is 0 Å². The first kappa shape index (κ1) is 13.8. The number of nitrogens with zero attached hydrogens (tertiary/aromatic N) is 1. The molecule has 1 aromatic rings. The fourth-order valence-corrected chi connectivity index (χ4v) is 2.72. The van der Waals surface area contributed by atoms with Crippen molar-refractivity contribution < 1.29 is 31.5 Å². The minimum atomic E-state index is -5.39. The van der Waals surface area contributed by atoms with Gasteiger partial charge in [0.05, 0.1) is 5.56 Å². The van der Waals surface area contributed by atoms with Crippen LogP contribution in [0.4, 0.5) is 13.2 Å². The van der Waals surface area contributed by atoms with Gasteiger partial charge in [-0.2, -0.15) is 17.5 Å². The highest BCUT2D eigenvalue weighted by Gasteiger charge is 2.51. The molecule has 5 nitrogen and oxygen atoms in total. The van der Waals surface area contributed by atoms with Gasteiger partial charge in [0.15, 0.2) is 0 Å². The molecule has 1 aromatic carbocycles. The van der Waals surface area contributed by atoms with Gasteiger partial charge in [-0.3, -0.25) is 0 Å². The molecule has 0 atom stereocenters. The number of hydrogen-bond donors (Lipinski definition) is 1. The second kappa shape index (κ2) is 4.20. The number of sulfonamides is 1. The molecule has 0 aromatic heterocycles. The molecule has 1 N–H and O–H groups in total. The smallest absolute Gasteiger partial charge is 0.478 e. The fraction of sp³-hybridized carbons (Fsp3) is 0.300. The Morgan fingerprint density at radius 1 is 1.21 bits per heavy atom. The van der Waals surface area contributed by atoms with E-state index in [1.54, 1.807) is 0 Å². The Kier molecular flexibility index (Phi) is 3.06. The number of carbonyl (C=O) groups is 1. The van der Waals surface area contributed by atoms with Crippen molar-refractivity contribution in [2.75, 3.05) is 0 Å². The number of benzene rings is 1. The lowest BCUT2D eigenvalue weighted by atomic mass is 10.1. The zero-order chi connectivity index (χ0) is 14.4. The molecule has 0 bridgehead atoms. The summed E-state index contributed by atoms with van der Waals surface area (Å²) in [7, 11) is -5.39. The summed E-state index contributed by atoms with van der Waals surface area (Å²) < 4.78 is 59.9. The van der Waals surface area contributed by atoms with Gasteiger partial charge in [-0.15, -0.1) is 0 Å². The van der Waals surface area contributed by atoms with Gasteiger partial charge < -0.3 is 5.11 Å². The fourth-order valence-electron chi connectivity index (χ4n) is 1.81. The molecule has 0 unspecified atom stereocenters. The largest absolute Gasteiger partial charge is 0.511 e. The van der Waals surface area contributed by atoms with Crippen molar-refractivity contribution in [1.82, 2.24) is 4.31 Å². The second-order valence-corrected chi connectivity index (χ2v) is 5.94. The first-order chi connectivity index (χ1) is 8.63. The Hall–Kier alpha value is -1.61. The SMILES string of the molecule is O=C(O)c1ccc2c(c1)CN(S(=O)(=O)C(F)(F)F)C2. The number of rotatable bonds is 2. The summed E-state index contributed by atoms with van der Waals surface area (Å²) in [5.41, 5.74) is -4.81. The third-order valence-corrected chi connectivity index (χ3v) is 4.30. The molecule has 0 fully saturated rings. The van der Waals surface area contributed by atoms with E-state index in [1.807, 2.05) is 0 Å². The molecule has 1 aliphatic rings. The Bertz CT molecular complexity index is 639. The monoisotopic (exact) mass is 295 g/mol. The molecular formula is C10H8F3NO4S. The number of carboxylic acid groups (broad SMARTS) is 1. The lowest BCUT2D eigenvalue weighted by Gasteiger charge is -2.17. The molecule has 104 valence electrons. The van der Waals surface area contributed by atoms with Crippen LogP contribution in [0.3, 0.4) is 0 Å². The normalized spacial score (nSPS) is 16.4. The number of alkyl halides is 3. The van der Waals surface area contributed by atoms with Crippen LogP contribution >= 0.6 is 0 Å². The molecule has 19 heavy (non-hydrogen) atoms. The van der Waals surface area contributed by atoms with Crippen molar-refractivity contribution in [2.45, 2.75) is 18.6 Å². The van der Waals surface area contributed by atoms with Crippen LogP contribution in [-0.2, 0) is 23.1 Å². The van der Waals surface area contributed by atoms with Gasteiger partial charge in [0.2, 0.25) is 0 Å². The van der Waals surface area contributed by atoms with Crippen molar-refractivity contribution in [3.63, 3.8) is 0 Å². The van der Waals surface area contributed by atoms with Crippen molar-refractivity contribution in [1.29, 1.82) is 0 Å². The maximum Gasteiger partial charge on any atom is 0.511 e. The Morgan fingerprint density at radius 2 is 1.79 bits per heavy atom. The lowest BCUT2D eigenvalue weighted by Crippen LogP contribution is -2.37. The van der Waals surface area contributed by atoms with Crippen LogP contribution in [0.1, 0.15) is 21.5 Å². The minimum Gasteiger partial charge on any atom is -0.478 e. The van der Waals surface area contributed by atoms with E-state index in [0.717, 1.165) is 0 Å². The van der Waals surface area contributed by atoms with E-state index >= 15 is 0 Å². The highest BCUT2D eigenvalue weighted by molar-refractivity contribution is 7.89. The summed E-state index contributed by atoms with van der Waals surface area (Å²) in [6, 6.07) is 3.74. The van der Waals surface area contributed by atoms with E-state index in [1.165, 1.54) is 18.2 Å². The van der Waals surface area contributed by atoms with Crippen LogP contribution in [0.15, 0.2) is 18.2 Å². The molecular weight excluding hydrogens is 287 g/mol. The van der Waals surface area contributed by atoms with E-state index in [2.05, 4.69) is 0 Å². The summed E-state index contributed by atoms with van der Waals surface area (Å²) >= 11 is 0. The maximum absolute atomic E-state index is 12.4. The van der Waals surface area contributed by atoms with Gasteiger partial charge in [-0.25, -0.2) is 13.2 Å². The molecule has 0 radical (unpaired) electrons. The Morgan fingerprint density at radius 3 is 2.32 bits per heavy atom. The summed E-state index contributed by atoms with van der Waals surface area (Å²) in [5.74, 6) is -1.22. The van der Waals surface area contributed by atoms with Crippen LogP contribution in [0.5, 0.6) is 0 Å². The predicted octanol–water partition coefficient (Wildman–Crippen LogP) is 1.55. The number of carboxylic acids is 1. The van der Waals surface area contributed by atoms with E-state index in [4.69, 9.17) is 5.11 Å². The number of halogens is 3. The van der Waals surface area contributed by atoms with E-state index in [-0.39, 0.29) is 15.4 Å². The van der Waals surface area contributed by atoms with Crippen LogP contribution in [0.25, 0.3) is 0 Å². The summed E-state index contributed by atoms with van der Waals surface area (Å²) in [4.78, 5) is 10.7. The zero-order valence-electron chi connectivity index (χ0n) is 9.31. The van der Waals surface area contributed by atoms with Gasteiger partial charge in [0.25, 0.3) is 0 Å². The Labute approximate surface area is 106 Å². The molecule has 0 amide bonds. The highest BCUT2D eigenvalue weighted by atomic mass is 32.2. The van der Waals surface area contributed by atoms with Crippen molar-refractivity contribution >= 4 is 16.0 Å². The molecule has 0 saturated carbocycles. The quantitative estimate of drug-likeness (QED) is 0.898. The van der Waals surface area contributed by atoms with Gasteiger partial charge in [-0.05, 0) is 23.3 Å². The first-order valence-electron chi connectivity index (χ1n) is 5.04. The van der Waals surface area contributed by atoms with Gasteiger partial charge in [0.1, 0.15) is 0 Å². The Balaban J connectivity index is 2.34. The summed E-state index contributed by atoms with van der Waals surface area (Å²) in [6.07, 6.45) is 0. The molecule has 0 spiro atoms. The molecule has 0 aliphatic carbocycles. The standard InChI is InChI=1S/C10H8F3NO4S/c11-10(12,13)19(17,18)14-4-7-2-1-6(9(15)16)3-8(7)5-14/h1-3H,4-5H2,(H,15,16). The van der Waals surface area contributed by atoms with E-state index in [9.17, 15) is 26.4 Å². The zero-order valence-corrected chi connectivity index (χ0v) is 10.1. The molecule has 9 heteroatoms. The first-order valence-corrected chi connectivity index (χ1v) is 6.48. The molecule has 1 aliphatic heterocycles.